The van der Waals surface area contributed by atoms with Crippen LogP contribution in [0.2, 0.25) is 0 Å². The fourth-order valence-electron chi connectivity index (χ4n) is 1.99. The molecule has 1 N–H and O–H groups in total. The van der Waals surface area contributed by atoms with E-state index in [1.165, 1.54) is 7.11 Å². The van der Waals surface area contributed by atoms with Gasteiger partial charge in [0.1, 0.15) is 0 Å². The third-order valence-corrected chi connectivity index (χ3v) is 2.88. The summed E-state index contributed by atoms with van der Waals surface area (Å²) in [6.45, 7) is 3.57. The SMILES string of the molecule is COC(=O)C(C)C1CC[13CH]([13CH2]C(C)O)O1. The van der Waals surface area contributed by atoms with Gasteiger partial charge in [0.25, 0.3) is 0 Å². The van der Waals surface area contributed by atoms with Gasteiger partial charge in [-0.25, -0.2) is 0 Å². The molecule has 4 nitrogen and oxygen atoms in total. The fourth-order valence-corrected chi connectivity index (χ4v) is 1.99. The molecule has 0 aliphatic carbocycles. The predicted molar refractivity (Wildman–Crippen MR) is 55.4 cm³/mol. The van der Waals surface area contributed by atoms with Crippen molar-refractivity contribution >= 4 is 5.97 Å². The lowest BCUT2D eigenvalue weighted by Gasteiger charge is -2.18. The Hall–Kier alpha value is -0.610. The number of ether oxygens (including phenoxy) is 2. The third kappa shape index (κ3) is 3.47. The van der Waals surface area contributed by atoms with Gasteiger partial charge in [-0.05, 0) is 33.1 Å². The Morgan fingerprint density at radius 2 is 2.20 bits per heavy atom. The number of aliphatic hydroxyl groups is 1. The highest BCUT2D eigenvalue weighted by atomic mass is 16.6. The molecule has 4 unspecified atom stereocenters. The number of hydrogen-bond donors (Lipinski definition) is 1. The highest BCUT2D eigenvalue weighted by Crippen LogP contribution is 2.28. The average molecular weight is 218 g/mol. The number of rotatable bonds is 4. The minimum Gasteiger partial charge on any atom is -0.469 e. The van der Waals surface area contributed by atoms with Crippen LogP contribution in [0.4, 0.5) is 0 Å². The standard InChI is InChI=1S/C11H20O4/c1-7(12)6-9-4-5-10(15-9)8(2)11(13)14-3/h7-10,12H,4-6H2,1-3H3/i6+1,9+1. The summed E-state index contributed by atoms with van der Waals surface area (Å²) < 4.78 is 10.4. The number of hydrogen-bond acceptors (Lipinski definition) is 4. The second kappa shape index (κ2) is 5.47. The molecule has 1 saturated heterocycles. The van der Waals surface area contributed by atoms with Gasteiger partial charge in [-0.3, -0.25) is 4.79 Å². The van der Waals surface area contributed by atoms with E-state index < -0.39 is 0 Å². The first-order chi connectivity index (χ1) is 7.04. The molecule has 88 valence electrons. The van der Waals surface area contributed by atoms with Crippen LogP contribution in [0.1, 0.15) is 33.1 Å². The first kappa shape index (κ1) is 12.5. The van der Waals surface area contributed by atoms with Crippen molar-refractivity contribution in [1.82, 2.24) is 0 Å². The van der Waals surface area contributed by atoms with Gasteiger partial charge >= 0.3 is 5.97 Å². The summed E-state index contributed by atoms with van der Waals surface area (Å²) in [5.74, 6) is -0.438. The Balaban J connectivity index is 2.38. The van der Waals surface area contributed by atoms with E-state index in [1.807, 2.05) is 6.92 Å². The van der Waals surface area contributed by atoms with Crippen LogP contribution in [0, 0.1) is 5.92 Å². The summed E-state index contributed by atoms with van der Waals surface area (Å²) in [5.41, 5.74) is 0. The summed E-state index contributed by atoms with van der Waals surface area (Å²) in [7, 11) is 1.39. The quantitative estimate of drug-likeness (QED) is 0.567. The topological polar surface area (TPSA) is 55.8 Å². The summed E-state index contributed by atoms with van der Waals surface area (Å²) >= 11 is 0. The van der Waals surface area contributed by atoms with E-state index in [0.717, 1.165) is 12.8 Å². The summed E-state index contributed by atoms with van der Waals surface area (Å²) in [6.07, 6.45) is 2.11. The number of esters is 1. The van der Waals surface area contributed by atoms with Crippen molar-refractivity contribution in [2.45, 2.75) is 51.4 Å². The molecule has 0 radical (unpaired) electrons. The fraction of sp³-hybridized carbons (Fsp3) is 0.909. The molecule has 0 aromatic heterocycles. The monoisotopic (exact) mass is 218 g/mol. The second-order valence-corrected chi connectivity index (χ2v) is 4.27. The second-order valence-electron chi connectivity index (χ2n) is 4.27. The highest BCUT2D eigenvalue weighted by molar-refractivity contribution is 5.72. The normalized spacial score (nSPS) is 29.9. The zero-order chi connectivity index (χ0) is 11.4. The molecule has 4 atom stereocenters. The number of carbonyl (C=O) groups excluding carboxylic acids is 1. The molecule has 1 aliphatic heterocycles. The van der Waals surface area contributed by atoms with Crippen LogP contribution >= 0.6 is 0 Å². The molecule has 0 aromatic carbocycles. The van der Waals surface area contributed by atoms with Gasteiger partial charge in [-0.2, -0.15) is 0 Å². The van der Waals surface area contributed by atoms with Crippen LogP contribution in [0.25, 0.3) is 0 Å². The maximum absolute atomic E-state index is 11.3. The smallest absolute Gasteiger partial charge is 0.311 e. The van der Waals surface area contributed by atoms with E-state index in [-0.39, 0.29) is 30.2 Å². The van der Waals surface area contributed by atoms with Gasteiger partial charge in [0, 0.05) is 0 Å². The zero-order valence-corrected chi connectivity index (χ0v) is 9.60. The minimum absolute atomic E-state index is 0.0544. The molecule has 1 heterocycles. The highest BCUT2D eigenvalue weighted by Gasteiger charge is 2.33. The van der Waals surface area contributed by atoms with Gasteiger partial charge in [0.2, 0.25) is 0 Å². The van der Waals surface area contributed by atoms with Gasteiger partial charge in [0.15, 0.2) is 0 Å². The molecule has 1 fully saturated rings. The number of aliphatic hydroxyl groups excluding tert-OH is 1. The van der Waals surface area contributed by atoms with E-state index in [4.69, 9.17) is 4.74 Å². The van der Waals surface area contributed by atoms with Crippen LogP contribution in [0.15, 0.2) is 0 Å². The number of carbonyl (C=O) groups is 1. The Kier molecular flexibility index (Phi) is 4.54. The van der Waals surface area contributed by atoms with Crippen molar-refractivity contribution in [2.24, 2.45) is 5.92 Å². The van der Waals surface area contributed by atoms with Crippen LogP contribution in [0.3, 0.4) is 0 Å². The van der Waals surface area contributed by atoms with Gasteiger partial charge in [0.05, 0.1) is 31.3 Å². The summed E-state index contributed by atoms with van der Waals surface area (Å²) in [4.78, 5) is 11.3. The van der Waals surface area contributed by atoms with Gasteiger partial charge in [-0.1, -0.05) is 0 Å². The van der Waals surface area contributed by atoms with Crippen molar-refractivity contribution in [3.8, 4) is 0 Å². The van der Waals surface area contributed by atoms with E-state index >= 15 is 0 Å². The molecular weight excluding hydrogens is 198 g/mol. The van der Waals surface area contributed by atoms with Crippen molar-refractivity contribution in [2.75, 3.05) is 7.11 Å². The minimum atomic E-state index is -0.345. The Morgan fingerprint density at radius 1 is 1.53 bits per heavy atom. The van der Waals surface area contributed by atoms with Gasteiger partial charge < -0.3 is 14.6 Å². The lowest BCUT2D eigenvalue weighted by molar-refractivity contribution is -0.150. The lowest BCUT2D eigenvalue weighted by Crippen LogP contribution is -2.27. The van der Waals surface area contributed by atoms with Crippen molar-refractivity contribution < 1.29 is 19.4 Å². The van der Waals surface area contributed by atoms with E-state index in [9.17, 15) is 9.90 Å². The molecule has 0 spiro atoms. The van der Waals surface area contributed by atoms with Crippen molar-refractivity contribution in [3.63, 3.8) is 0 Å². The zero-order valence-electron chi connectivity index (χ0n) is 9.60. The molecule has 4 heteroatoms. The van der Waals surface area contributed by atoms with Crippen LogP contribution in [0.5, 0.6) is 0 Å². The summed E-state index contributed by atoms with van der Waals surface area (Å²) in [6, 6.07) is 0. The number of methoxy groups -OCH3 is 1. The molecule has 1 aliphatic rings. The van der Waals surface area contributed by atoms with Gasteiger partial charge in [-0.15, -0.1) is 0 Å². The first-order valence-corrected chi connectivity index (χ1v) is 5.46. The van der Waals surface area contributed by atoms with Crippen molar-refractivity contribution in [3.05, 3.63) is 0 Å². The molecule has 0 saturated carbocycles. The van der Waals surface area contributed by atoms with E-state index in [0.29, 0.717) is 6.42 Å². The third-order valence-electron chi connectivity index (χ3n) is 2.88. The van der Waals surface area contributed by atoms with E-state index in [2.05, 4.69) is 4.74 Å². The van der Waals surface area contributed by atoms with Crippen LogP contribution in [-0.2, 0) is 14.3 Å². The van der Waals surface area contributed by atoms with Crippen molar-refractivity contribution in [1.29, 1.82) is 0 Å². The maximum atomic E-state index is 11.3. The lowest BCUT2D eigenvalue weighted by atomic mass is 10.0. The largest absolute Gasteiger partial charge is 0.469 e. The molecule has 0 amide bonds. The molecule has 15 heavy (non-hydrogen) atoms. The molecule has 0 aromatic rings. The maximum Gasteiger partial charge on any atom is 0.311 e. The molecule has 1 rings (SSSR count). The Morgan fingerprint density at radius 3 is 2.73 bits per heavy atom. The van der Waals surface area contributed by atoms with E-state index in [1.54, 1.807) is 6.92 Å². The Labute approximate surface area is 90.6 Å². The van der Waals surface area contributed by atoms with Crippen LogP contribution < -0.4 is 0 Å². The van der Waals surface area contributed by atoms with Crippen LogP contribution in [-0.4, -0.2) is 36.5 Å². The Bertz CT molecular complexity index is 215. The molecule has 0 bridgehead atoms. The first-order valence-electron chi connectivity index (χ1n) is 5.46. The predicted octanol–water partition coefficient (Wildman–Crippen LogP) is 1.11. The summed E-state index contributed by atoms with van der Waals surface area (Å²) in [5, 5.41) is 9.22. The molecular formula is C11H20O4. The average Bonchev–Trinajstić information content (AvgIpc) is 2.63.